The van der Waals surface area contributed by atoms with Gasteiger partial charge in [0, 0.05) is 28.9 Å². The number of benzene rings is 1. The number of aromatic nitrogens is 4. The molecule has 1 amide bonds. The van der Waals surface area contributed by atoms with Crippen LogP contribution in [-0.4, -0.2) is 48.7 Å². The number of carbonyl (C=O) groups excluding carboxylic acids is 2. The van der Waals surface area contributed by atoms with Crippen molar-refractivity contribution in [3.05, 3.63) is 76.5 Å². The van der Waals surface area contributed by atoms with Gasteiger partial charge in [0.25, 0.3) is 11.7 Å². The number of aliphatic hydroxyl groups is 1. The lowest BCUT2D eigenvalue weighted by Crippen LogP contribution is -2.63. The van der Waals surface area contributed by atoms with Gasteiger partial charge in [-0.25, -0.2) is 0 Å². The van der Waals surface area contributed by atoms with Gasteiger partial charge in [0.2, 0.25) is 5.54 Å². The number of nitrogens with two attached hydrogens (primary N) is 1. The van der Waals surface area contributed by atoms with Crippen molar-refractivity contribution in [1.82, 2.24) is 25.4 Å². The van der Waals surface area contributed by atoms with Gasteiger partial charge in [-0.15, -0.1) is 5.10 Å². The minimum absolute atomic E-state index is 0.200. The molecule has 3 atom stereocenters. The predicted octanol–water partition coefficient (Wildman–Crippen LogP) is 1.12. The van der Waals surface area contributed by atoms with Crippen LogP contribution >= 0.6 is 0 Å². The van der Waals surface area contributed by atoms with E-state index >= 15 is 0 Å². The van der Waals surface area contributed by atoms with Crippen LogP contribution in [0.4, 0.5) is 0 Å². The van der Waals surface area contributed by atoms with Crippen molar-refractivity contribution >= 4 is 17.3 Å². The zero-order valence-electron chi connectivity index (χ0n) is 18.5. The van der Waals surface area contributed by atoms with E-state index in [-0.39, 0.29) is 22.6 Å². The Labute approximate surface area is 194 Å². The molecule has 0 radical (unpaired) electrons. The van der Waals surface area contributed by atoms with Gasteiger partial charge < -0.3 is 20.9 Å². The number of ketones is 1. The smallest absolute Gasteiger partial charge is 0.270 e. The molecule has 2 aliphatic carbocycles. The summed E-state index contributed by atoms with van der Waals surface area (Å²) in [7, 11) is 0. The Morgan fingerprint density at radius 2 is 2.15 bits per heavy atom. The van der Waals surface area contributed by atoms with E-state index in [0.29, 0.717) is 23.4 Å². The number of rotatable bonds is 3. The van der Waals surface area contributed by atoms with E-state index in [1.807, 2.05) is 19.9 Å². The monoisotopic (exact) mass is 458 g/mol. The Balaban J connectivity index is 1.52. The summed E-state index contributed by atoms with van der Waals surface area (Å²) in [4.78, 5) is 27.5. The highest BCUT2D eigenvalue weighted by atomic mass is 16.6. The van der Waals surface area contributed by atoms with Crippen LogP contribution in [0.25, 0.3) is 5.65 Å². The van der Waals surface area contributed by atoms with E-state index in [4.69, 9.17) is 10.5 Å². The molecule has 0 saturated carbocycles. The van der Waals surface area contributed by atoms with Crippen molar-refractivity contribution in [2.24, 2.45) is 5.73 Å². The van der Waals surface area contributed by atoms with E-state index in [1.54, 1.807) is 36.4 Å². The van der Waals surface area contributed by atoms with Gasteiger partial charge in [0.1, 0.15) is 5.75 Å². The second kappa shape index (κ2) is 6.81. The first-order valence-electron chi connectivity index (χ1n) is 11.0. The number of ether oxygens (including phenoxy) is 1. The number of hydrogen-bond acceptors (Lipinski definition) is 8. The molecule has 4 N–H and O–H groups in total. The Kier molecular flexibility index (Phi) is 4.15. The molecule has 172 valence electrons. The number of nitrogens with one attached hydrogen (secondary N) is 1. The SMILES string of the molecule is CC(C)c1ccc2c(c1)OC1(O)C3=C(C(=O)C21NC(=O)c1ccc2nnnn2c1)C(N)CC=C3. The van der Waals surface area contributed by atoms with Gasteiger partial charge in [-0.05, 0) is 46.5 Å². The number of nitrogens with zero attached hydrogens (tertiary/aromatic N) is 4. The summed E-state index contributed by atoms with van der Waals surface area (Å²) in [5.74, 6) is -2.66. The van der Waals surface area contributed by atoms with E-state index in [9.17, 15) is 14.7 Å². The molecular formula is C24H22N6O4. The Morgan fingerprint density at radius 1 is 1.32 bits per heavy atom. The number of fused-ring (bicyclic) bond motifs is 5. The van der Waals surface area contributed by atoms with Crippen molar-refractivity contribution < 1.29 is 19.4 Å². The molecule has 3 aromatic rings. The summed E-state index contributed by atoms with van der Waals surface area (Å²) in [6, 6.07) is 7.94. The molecule has 1 aliphatic heterocycles. The van der Waals surface area contributed by atoms with E-state index in [2.05, 4.69) is 20.8 Å². The van der Waals surface area contributed by atoms with Crippen LogP contribution in [0.15, 0.2) is 59.8 Å². The second-order valence-electron chi connectivity index (χ2n) is 9.16. The summed E-state index contributed by atoms with van der Waals surface area (Å²) in [6.45, 7) is 4.07. The van der Waals surface area contributed by atoms with Crippen molar-refractivity contribution in [3.8, 4) is 5.75 Å². The van der Waals surface area contributed by atoms with Crippen LogP contribution in [-0.2, 0) is 10.3 Å². The number of amides is 1. The Bertz CT molecular complexity index is 1460. The topological polar surface area (TPSA) is 145 Å². The molecule has 2 aromatic heterocycles. The molecule has 3 heterocycles. The van der Waals surface area contributed by atoms with Crippen LogP contribution in [0.3, 0.4) is 0 Å². The number of pyridine rings is 1. The first-order valence-corrected chi connectivity index (χ1v) is 11.0. The van der Waals surface area contributed by atoms with Gasteiger partial charge >= 0.3 is 0 Å². The Morgan fingerprint density at radius 3 is 2.94 bits per heavy atom. The molecule has 0 saturated heterocycles. The number of carbonyl (C=O) groups is 2. The third kappa shape index (κ3) is 2.49. The number of hydrogen-bond donors (Lipinski definition) is 3. The van der Waals surface area contributed by atoms with Crippen LogP contribution in [0, 0.1) is 0 Å². The maximum Gasteiger partial charge on any atom is 0.270 e. The summed E-state index contributed by atoms with van der Waals surface area (Å²) in [6.07, 6.45) is 5.36. The standard InChI is InChI=1S/C24H22N6O4/c1-12(2)13-6-8-15-18(10-13)34-24(33)16-4-3-5-17(25)20(16)21(31)23(15,24)26-22(32)14-7-9-19-27-28-29-30(19)11-14/h3-4,6-12,17,33H,5,25H2,1-2H3,(H,26,32). The molecular weight excluding hydrogens is 436 g/mol. The maximum atomic E-state index is 14.0. The van der Waals surface area contributed by atoms with Gasteiger partial charge in [-0.3, -0.25) is 9.59 Å². The van der Waals surface area contributed by atoms with Crippen molar-refractivity contribution in [1.29, 1.82) is 0 Å². The second-order valence-corrected chi connectivity index (χ2v) is 9.16. The van der Waals surface area contributed by atoms with Crippen molar-refractivity contribution in [3.63, 3.8) is 0 Å². The predicted molar refractivity (Wildman–Crippen MR) is 120 cm³/mol. The largest absolute Gasteiger partial charge is 0.454 e. The van der Waals surface area contributed by atoms with Crippen molar-refractivity contribution in [2.45, 2.75) is 43.6 Å². The maximum absolute atomic E-state index is 14.0. The first-order chi connectivity index (χ1) is 16.3. The van der Waals surface area contributed by atoms with Crippen LogP contribution in [0.1, 0.15) is 47.7 Å². The van der Waals surface area contributed by atoms with E-state index < -0.39 is 29.1 Å². The van der Waals surface area contributed by atoms with Gasteiger partial charge in [0.05, 0.1) is 5.56 Å². The molecule has 10 heteroatoms. The molecule has 0 fully saturated rings. The molecule has 3 aliphatic rings. The fraction of sp³-hybridized carbons (Fsp3) is 0.292. The zero-order valence-corrected chi connectivity index (χ0v) is 18.5. The lowest BCUT2D eigenvalue weighted by atomic mass is 9.80. The summed E-state index contributed by atoms with van der Waals surface area (Å²) >= 11 is 0. The number of tetrazole rings is 1. The molecule has 0 spiro atoms. The molecule has 3 unspecified atom stereocenters. The van der Waals surface area contributed by atoms with Gasteiger partial charge in [-0.2, -0.15) is 4.52 Å². The molecule has 10 nitrogen and oxygen atoms in total. The highest BCUT2D eigenvalue weighted by Crippen LogP contribution is 2.57. The fourth-order valence-electron chi connectivity index (χ4n) is 5.10. The Hall–Kier alpha value is -3.89. The zero-order chi connectivity index (χ0) is 23.8. The summed E-state index contributed by atoms with van der Waals surface area (Å²) in [5, 5.41) is 26.0. The summed E-state index contributed by atoms with van der Waals surface area (Å²) < 4.78 is 7.47. The highest BCUT2D eigenvalue weighted by Gasteiger charge is 2.72. The minimum atomic E-state index is -2.14. The highest BCUT2D eigenvalue weighted by molar-refractivity contribution is 6.14. The minimum Gasteiger partial charge on any atom is -0.454 e. The normalized spacial score (nSPS) is 27.1. The van der Waals surface area contributed by atoms with Gasteiger partial charge in [0.15, 0.2) is 11.4 Å². The van der Waals surface area contributed by atoms with Crippen LogP contribution in [0.5, 0.6) is 5.75 Å². The number of Topliss-reactive ketones (excluding diaryl/α,β-unsaturated/α-hetero) is 1. The quantitative estimate of drug-likeness (QED) is 0.530. The average Bonchev–Trinajstić information content (AvgIpc) is 3.43. The molecule has 1 aromatic carbocycles. The third-order valence-corrected chi connectivity index (χ3v) is 6.88. The third-order valence-electron chi connectivity index (χ3n) is 6.88. The van der Waals surface area contributed by atoms with E-state index in [1.165, 1.54) is 10.7 Å². The van der Waals surface area contributed by atoms with Crippen LogP contribution < -0.4 is 15.8 Å². The first kappa shape index (κ1) is 20.7. The summed E-state index contributed by atoms with van der Waals surface area (Å²) in [5.41, 5.74) is 6.96. The van der Waals surface area contributed by atoms with E-state index in [0.717, 1.165) is 5.56 Å². The van der Waals surface area contributed by atoms with Crippen molar-refractivity contribution in [2.75, 3.05) is 0 Å². The molecule has 6 rings (SSSR count). The van der Waals surface area contributed by atoms with Gasteiger partial charge in [-0.1, -0.05) is 38.1 Å². The average molecular weight is 458 g/mol. The fourth-order valence-corrected chi connectivity index (χ4v) is 5.10. The lowest BCUT2D eigenvalue weighted by Gasteiger charge is -2.35. The molecule has 34 heavy (non-hydrogen) atoms. The van der Waals surface area contributed by atoms with Crippen LogP contribution in [0.2, 0.25) is 0 Å². The lowest BCUT2D eigenvalue weighted by molar-refractivity contribution is -0.154. The molecule has 0 bridgehead atoms.